The third-order valence-corrected chi connectivity index (χ3v) is 5.80. The zero-order valence-electron chi connectivity index (χ0n) is 18.9. The summed E-state index contributed by atoms with van der Waals surface area (Å²) >= 11 is 0. The maximum Gasteiger partial charge on any atom is 0.407 e. The molecule has 8 nitrogen and oxygen atoms in total. The smallest absolute Gasteiger partial charge is 0.407 e. The molecule has 0 radical (unpaired) electrons. The summed E-state index contributed by atoms with van der Waals surface area (Å²) in [5.41, 5.74) is 4.50. The van der Waals surface area contributed by atoms with Crippen molar-refractivity contribution >= 4 is 18.0 Å². The van der Waals surface area contributed by atoms with Crippen LogP contribution in [0.5, 0.6) is 0 Å². The molecule has 2 aromatic rings. The Kier molecular flexibility index (Phi) is 8.43. The molecule has 0 heterocycles. The van der Waals surface area contributed by atoms with E-state index in [1.807, 2.05) is 43.3 Å². The number of ether oxygens (including phenoxy) is 2. The highest BCUT2D eigenvalue weighted by molar-refractivity contribution is 5.85. The van der Waals surface area contributed by atoms with Crippen LogP contribution in [0.15, 0.2) is 48.5 Å². The summed E-state index contributed by atoms with van der Waals surface area (Å²) in [6.07, 6.45) is -0.419. The number of aliphatic carboxylic acids is 1. The minimum absolute atomic E-state index is 0.0661. The second-order valence-corrected chi connectivity index (χ2v) is 7.95. The van der Waals surface area contributed by atoms with E-state index >= 15 is 0 Å². The second kappa shape index (κ2) is 11.5. The summed E-state index contributed by atoms with van der Waals surface area (Å²) in [5, 5.41) is 14.3. The Morgan fingerprint density at radius 1 is 1.00 bits per heavy atom. The lowest BCUT2D eigenvalue weighted by Crippen LogP contribution is -2.47. The quantitative estimate of drug-likeness (QED) is 0.480. The summed E-state index contributed by atoms with van der Waals surface area (Å²) in [5.74, 6) is -1.54. The molecule has 176 valence electrons. The monoisotopic (exact) mass is 454 g/mol. The average Bonchev–Trinajstić information content (AvgIpc) is 3.13. The zero-order valence-corrected chi connectivity index (χ0v) is 18.9. The molecule has 1 unspecified atom stereocenters. The lowest BCUT2D eigenvalue weighted by atomic mass is 9.98. The molecule has 3 rings (SSSR count). The Morgan fingerprint density at radius 3 is 2.15 bits per heavy atom. The first-order valence-corrected chi connectivity index (χ1v) is 11.1. The van der Waals surface area contributed by atoms with Crippen LogP contribution in [0.25, 0.3) is 11.1 Å². The van der Waals surface area contributed by atoms with Crippen molar-refractivity contribution < 1.29 is 29.0 Å². The normalized spacial score (nSPS) is 14.0. The van der Waals surface area contributed by atoms with Gasteiger partial charge in [-0.3, -0.25) is 4.79 Å². The summed E-state index contributed by atoms with van der Waals surface area (Å²) in [6.45, 7) is 2.19. The molecule has 0 saturated carbocycles. The van der Waals surface area contributed by atoms with Crippen LogP contribution in [0.4, 0.5) is 4.79 Å². The van der Waals surface area contributed by atoms with E-state index in [1.165, 1.54) is 7.11 Å². The summed E-state index contributed by atoms with van der Waals surface area (Å²) in [7, 11) is 1.30. The van der Waals surface area contributed by atoms with E-state index in [4.69, 9.17) is 14.6 Å². The fourth-order valence-corrected chi connectivity index (χ4v) is 4.13. The Bertz CT molecular complexity index is 947. The Labute approximate surface area is 193 Å². The molecular formula is C25H30N2O6. The van der Waals surface area contributed by atoms with Crippen molar-refractivity contribution in [3.63, 3.8) is 0 Å². The topological polar surface area (TPSA) is 114 Å². The minimum atomic E-state index is -1.09. The first-order chi connectivity index (χ1) is 16.0. The van der Waals surface area contributed by atoms with Crippen LogP contribution in [0.3, 0.4) is 0 Å². The van der Waals surface area contributed by atoms with Gasteiger partial charge in [-0.25, -0.2) is 9.59 Å². The first kappa shape index (κ1) is 24.3. The first-order valence-electron chi connectivity index (χ1n) is 11.1. The number of nitrogens with one attached hydrogen (secondary N) is 2. The highest BCUT2D eigenvalue weighted by Gasteiger charge is 2.29. The number of benzene rings is 2. The molecule has 0 aromatic heterocycles. The maximum atomic E-state index is 12.5. The van der Waals surface area contributed by atoms with E-state index in [9.17, 15) is 14.4 Å². The number of carbonyl (C=O) groups is 3. The molecule has 2 atom stereocenters. The highest BCUT2D eigenvalue weighted by Crippen LogP contribution is 2.44. The van der Waals surface area contributed by atoms with Gasteiger partial charge in [0.2, 0.25) is 5.91 Å². The van der Waals surface area contributed by atoms with Crippen LogP contribution in [-0.4, -0.2) is 55.5 Å². The summed E-state index contributed by atoms with van der Waals surface area (Å²) in [4.78, 5) is 36.1. The van der Waals surface area contributed by atoms with Gasteiger partial charge in [0.15, 0.2) is 6.10 Å². The summed E-state index contributed by atoms with van der Waals surface area (Å²) < 4.78 is 10.4. The third kappa shape index (κ3) is 5.90. The molecule has 0 saturated heterocycles. The number of hydrogen-bond donors (Lipinski definition) is 3. The van der Waals surface area contributed by atoms with E-state index in [0.29, 0.717) is 12.8 Å². The van der Waals surface area contributed by atoms with Crippen molar-refractivity contribution in [3.05, 3.63) is 59.7 Å². The predicted molar refractivity (Wildman–Crippen MR) is 123 cm³/mol. The number of carboxylic acid groups (broad SMARTS) is 1. The fourth-order valence-electron chi connectivity index (χ4n) is 4.13. The van der Waals surface area contributed by atoms with Gasteiger partial charge in [0.1, 0.15) is 12.6 Å². The number of fused-ring (bicyclic) bond motifs is 3. The van der Waals surface area contributed by atoms with Crippen LogP contribution in [0.1, 0.15) is 43.2 Å². The Balaban J connectivity index is 1.56. The van der Waals surface area contributed by atoms with Crippen molar-refractivity contribution in [1.82, 2.24) is 10.6 Å². The van der Waals surface area contributed by atoms with Gasteiger partial charge in [-0.2, -0.15) is 0 Å². The largest absolute Gasteiger partial charge is 0.479 e. The summed E-state index contributed by atoms with van der Waals surface area (Å²) in [6, 6.07) is 15.4. The SMILES string of the molecule is CCC[C@@H](NC(=O)OCC1c2ccccc2-c2ccccc21)C(=O)NCCC(OC)C(=O)O. The molecule has 8 heteroatoms. The Hall–Kier alpha value is -3.39. The van der Waals surface area contributed by atoms with E-state index in [1.54, 1.807) is 0 Å². The van der Waals surface area contributed by atoms with Gasteiger partial charge in [0.05, 0.1) is 0 Å². The van der Waals surface area contributed by atoms with Gasteiger partial charge >= 0.3 is 12.1 Å². The van der Waals surface area contributed by atoms with Gasteiger partial charge < -0.3 is 25.2 Å². The molecule has 0 fully saturated rings. The van der Waals surface area contributed by atoms with Crippen LogP contribution < -0.4 is 10.6 Å². The lowest BCUT2D eigenvalue weighted by molar-refractivity contribution is -0.149. The molecule has 2 aromatic carbocycles. The van der Waals surface area contributed by atoms with Gasteiger partial charge in [0.25, 0.3) is 0 Å². The van der Waals surface area contributed by atoms with E-state index in [0.717, 1.165) is 22.3 Å². The van der Waals surface area contributed by atoms with Crippen LogP contribution in [0, 0.1) is 0 Å². The molecule has 1 aliphatic carbocycles. The second-order valence-electron chi connectivity index (χ2n) is 7.95. The van der Waals surface area contributed by atoms with Crippen LogP contribution >= 0.6 is 0 Å². The van der Waals surface area contributed by atoms with Gasteiger partial charge in [-0.15, -0.1) is 0 Å². The van der Waals surface area contributed by atoms with E-state index in [-0.39, 0.29) is 31.4 Å². The molecule has 33 heavy (non-hydrogen) atoms. The van der Waals surface area contributed by atoms with Crippen molar-refractivity contribution in [2.24, 2.45) is 0 Å². The van der Waals surface area contributed by atoms with Crippen LogP contribution in [0.2, 0.25) is 0 Å². The van der Waals surface area contributed by atoms with Gasteiger partial charge in [-0.1, -0.05) is 61.9 Å². The number of carbonyl (C=O) groups excluding carboxylic acids is 2. The molecule has 2 amide bonds. The van der Waals surface area contributed by atoms with Crippen LogP contribution in [-0.2, 0) is 19.1 Å². The number of amides is 2. The van der Waals surface area contributed by atoms with Crippen molar-refractivity contribution in [2.75, 3.05) is 20.3 Å². The number of rotatable bonds is 11. The standard InChI is InChI=1S/C25H30N2O6/c1-3-8-21(23(28)26-14-13-22(32-2)24(29)30)27-25(31)33-15-20-18-11-6-4-9-16(18)17-10-5-7-12-19(17)20/h4-7,9-12,20-22H,3,8,13-15H2,1-2H3,(H,26,28)(H,27,31)(H,29,30)/t21-,22?/m1/s1. The maximum absolute atomic E-state index is 12.5. The van der Waals surface area contributed by atoms with Crippen molar-refractivity contribution in [2.45, 2.75) is 44.2 Å². The molecule has 3 N–H and O–H groups in total. The van der Waals surface area contributed by atoms with E-state index in [2.05, 4.69) is 22.8 Å². The molecule has 1 aliphatic rings. The molecule has 0 aliphatic heterocycles. The highest BCUT2D eigenvalue weighted by atomic mass is 16.5. The molecular weight excluding hydrogens is 424 g/mol. The number of carboxylic acids is 1. The predicted octanol–water partition coefficient (Wildman–Crippen LogP) is 3.30. The fraction of sp³-hybridized carbons (Fsp3) is 0.400. The minimum Gasteiger partial charge on any atom is -0.479 e. The lowest BCUT2D eigenvalue weighted by Gasteiger charge is -2.20. The number of alkyl carbamates (subject to hydrolysis) is 1. The molecule has 0 bridgehead atoms. The van der Waals surface area contributed by atoms with Gasteiger partial charge in [-0.05, 0) is 28.7 Å². The van der Waals surface area contributed by atoms with Crippen molar-refractivity contribution in [3.8, 4) is 11.1 Å². The number of hydrogen-bond acceptors (Lipinski definition) is 5. The third-order valence-electron chi connectivity index (χ3n) is 5.80. The van der Waals surface area contributed by atoms with Crippen molar-refractivity contribution in [1.29, 1.82) is 0 Å². The molecule has 0 spiro atoms. The van der Waals surface area contributed by atoms with Gasteiger partial charge in [0, 0.05) is 26.0 Å². The zero-order chi connectivity index (χ0) is 23.8. The van der Waals surface area contributed by atoms with E-state index < -0.39 is 24.2 Å². The number of methoxy groups -OCH3 is 1. The Morgan fingerprint density at radius 2 is 1.61 bits per heavy atom. The average molecular weight is 455 g/mol.